The highest BCUT2D eigenvalue weighted by atomic mass is 35.5. The van der Waals surface area contributed by atoms with E-state index in [0.29, 0.717) is 0 Å². The lowest BCUT2D eigenvalue weighted by Crippen LogP contribution is -2.05. The van der Waals surface area contributed by atoms with Crippen molar-refractivity contribution in [3.63, 3.8) is 0 Å². The Bertz CT molecular complexity index is 629. The van der Waals surface area contributed by atoms with Crippen LogP contribution in [-0.4, -0.2) is 13.0 Å². The Kier molecular flexibility index (Phi) is 5.67. The molecular formula is C16H17ClN2OS. The van der Waals surface area contributed by atoms with E-state index in [2.05, 4.69) is 16.7 Å². The molecule has 0 aliphatic rings. The van der Waals surface area contributed by atoms with Gasteiger partial charge in [0.05, 0.1) is 0 Å². The van der Waals surface area contributed by atoms with Gasteiger partial charge in [0, 0.05) is 34.0 Å². The molecule has 21 heavy (non-hydrogen) atoms. The third-order valence-corrected chi connectivity index (χ3v) is 4.15. The minimum Gasteiger partial charge on any atom is -0.326 e. The first-order chi connectivity index (χ1) is 10.1. The second-order valence-corrected chi connectivity index (χ2v) is 6.15. The fraction of sp³-hybridized carbons (Fsp3) is 0.188. The van der Waals surface area contributed by atoms with Gasteiger partial charge in [0.1, 0.15) is 0 Å². The molecule has 2 aromatic carbocycles. The Morgan fingerprint density at radius 2 is 1.81 bits per heavy atom. The Morgan fingerprint density at radius 1 is 1.14 bits per heavy atom. The molecule has 0 spiro atoms. The lowest BCUT2D eigenvalue weighted by Gasteiger charge is -2.07. The van der Waals surface area contributed by atoms with Crippen molar-refractivity contribution >= 4 is 35.0 Å². The zero-order chi connectivity index (χ0) is 15.2. The molecular weight excluding hydrogens is 304 g/mol. The molecule has 0 atom stereocenters. The summed E-state index contributed by atoms with van der Waals surface area (Å²) in [5.74, 6) is -0.0673. The molecule has 2 N–H and O–H groups in total. The van der Waals surface area contributed by atoms with Crippen LogP contribution in [0.3, 0.4) is 0 Å². The van der Waals surface area contributed by atoms with Gasteiger partial charge in [-0.25, -0.2) is 0 Å². The van der Waals surface area contributed by atoms with E-state index in [0.717, 1.165) is 32.6 Å². The van der Waals surface area contributed by atoms with E-state index in [1.807, 2.05) is 43.4 Å². The van der Waals surface area contributed by atoms with Crippen molar-refractivity contribution in [1.82, 2.24) is 5.32 Å². The predicted molar refractivity (Wildman–Crippen MR) is 89.1 cm³/mol. The first-order valence-corrected chi connectivity index (χ1v) is 7.76. The number of hydrogen-bond acceptors (Lipinski definition) is 3. The van der Waals surface area contributed by atoms with Gasteiger partial charge in [0.25, 0.3) is 0 Å². The second kappa shape index (κ2) is 7.50. The van der Waals surface area contributed by atoms with Crippen molar-refractivity contribution < 1.29 is 4.79 Å². The fourth-order valence-corrected chi connectivity index (χ4v) is 3.04. The normalized spacial score (nSPS) is 10.4. The molecule has 2 rings (SSSR count). The lowest BCUT2D eigenvalue weighted by molar-refractivity contribution is -0.114. The molecule has 2 aromatic rings. The highest BCUT2D eigenvalue weighted by molar-refractivity contribution is 7.99. The third-order valence-electron chi connectivity index (χ3n) is 2.80. The summed E-state index contributed by atoms with van der Waals surface area (Å²) in [6.45, 7) is 2.26. The molecule has 0 saturated heterocycles. The molecule has 0 heterocycles. The molecule has 0 aliphatic heterocycles. The van der Waals surface area contributed by atoms with E-state index in [-0.39, 0.29) is 5.91 Å². The number of carbonyl (C=O) groups excluding carboxylic acids is 1. The van der Waals surface area contributed by atoms with Gasteiger partial charge in [-0.2, -0.15) is 0 Å². The summed E-state index contributed by atoms with van der Waals surface area (Å²) in [5, 5.41) is 6.61. The summed E-state index contributed by atoms with van der Waals surface area (Å²) < 4.78 is 0. The lowest BCUT2D eigenvalue weighted by atomic mass is 10.2. The van der Waals surface area contributed by atoms with Crippen LogP contribution < -0.4 is 10.6 Å². The maximum atomic E-state index is 11.0. The van der Waals surface area contributed by atoms with Crippen molar-refractivity contribution in [3.8, 4) is 0 Å². The summed E-state index contributed by atoms with van der Waals surface area (Å²) in [5.41, 5.74) is 1.89. The molecule has 5 heteroatoms. The number of hydrogen-bond donors (Lipinski definition) is 2. The average Bonchev–Trinajstić information content (AvgIpc) is 2.44. The fourth-order valence-electron chi connectivity index (χ4n) is 1.87. The molecule has 3 nitrogen and oxygen atoms in total. The van der Waals surface area contributed by atoms with Crippen LogP contribution in [0.15, 0.2) is 52.3 Å². The number of halogens is 1. The summed E-state index contributed by atoms with van der Waals surface area (Å²) in [4.78, 5) is 13.2. The summed E-state index contributed by atoms with van der Waals surface area (Å²) >= 11 is 7.89. The largest absolute Gasteiger partial charge is 0.326 e. The minimum absolute atomic E-state index is 0.0673. The zero-order valence-electron chi connectivity index (χ0n) is 11.9. The average molecular weight is 321 g/mol. The van der Waals surface area contributed by atoms with Gasteiger partial charge >= 0.3 is 0 Å². The number of amides is 1. The predicted octanol–water partition coefficient (Wildman–Crippen LogP) is 4.17. The van der Waals surface area contributed by atoms with E-state index in [1.165, 1.54) is 6.92 Å². The molecule has 0 aliphatic carbocycles. The van der Waals surface area contributed by atoms with Crippen LogP contribution in [0.2, 0.25) is 5.02 Å². The van der Waals surface area contributed by atoms with E-state index in [4.69, 9.17) is 11.6 Å². The van der Waals surface area contributed by atoms with E-state index in [1.54, 1.807) is 11.8 Å². The summed E-state index contributed by atoms with van der Waals surface area (Å²) in [6, 6.07) is 13.8. The molecule has 0 saturated carbocycles. The van der Waals surface area contributed by atoms with Crippen LogP contribution in [0.4, 0.5) is 5.69 Å². The van der Waals surface area contributed by atoms with Crippen LogP contribution in [-0.2, 0) is 11.3 Å². The zero-order valence-corrected chi connectivity index (χ0v) is 13.5. The van der Waals surface area contributed by atoms with Gasteiger partial charge in [-0.1, -0.05) is 29.4 Å². The molecule has 0 radical (unpaired) electrons. The molecule has 110 valence electrons. The number of nitrogens with one attached hydrogen (secondary N) is 2. The highest BCUT2D eigenvalue weighted by Crippen LogP contribution is 2.31. The molecule has 0 bridgehead atoms. The summed E-state index contributed by atoms with van der Waals surface area (Å²) in [6.07, 6.45) is 0. The Morgan fingerprint density at radius 3 is 2.38 bits per heavy atom. The van der Waals surface area contributed by atoms with Gasteiger partial charge in [-0.3, -0.25) is 4.79 Å². The van der Waals surface area contributed by atoms with Crippen LogP contribution in [0.5, 0.6) is 0 Å². The van der Waals surface area contributed by atoms with Crippen LogP contribution in [0.25, 0.3) is 0 Å². The Balaban J connectivity index is 2.07. The number of rotatable bonds is 5. The summed E-state index contributed by atoms with van der Waals surface area (Å²) in [7, 11) is 1.90. The van der Waals surface area contributed by atoms with Gasteiger partial charge in [0.2, 0.25) is 5.91 Å². The number of carbonyl (C=O) groups is 1. The van der Waals surface area contributed by atoms with Crippen molar-refractivity contribution in [2.75, 3.05) is 12.4 Å². The van der Waals surface area contributed by atoms with Crippen LogP contribution in [0.1, 0.15) is 12.5 Å². The third kappa shape index (κ3) is 4.77. The van der Waals surface area contributed by atoms with E-state index >= 15 is 0 Å². The minimum atomic E-state index is -0.0673. The van der Waals surface area contributed by atoms with Crippen LogP contribution in [0, 0.1) is 0 Å². The van der Waals surface area contributed by atoms with Gasteiger partial charge in [0.15, 0.2) is 0 Å². The monoisotopic (exact) mass is 320 g/mol. The molecule has 0 fully saturated rings. The quantitative estimate of drug-likeness (QED) is 0.868. The smallest absolute Gasteiger partial charge is 0.221 e. The standard InChI is InChI=1S/C16H17ClN2OS/c1-11(20)19-13-4-7-14(8-5-13)21-15-6-3-12(10-18-2)16(17)9-15/h3-9,18H,10H2,1-2H3,(H,19,20). The second-order valence-electron chi connectivity index (χ2n) is 4.59. The Hall–Kier alpha value is -1.49. The first-order valence-electron chi connectivity index (χ1n) is 6.57. The maximum absolute atomic E-state index is 11.0. The highest BCUT2D eigenvalue weighted by Gasteiger charge is 2.03. The Labute approximate surface area is 134 Å². The van der Waals surface area contributed by atoms with Gasteiger partial charge in [-0.05, 0) is 49.0 Å². The van der Waals surface area contributed by atoms with Gasteiger partial charge < -0.3 is 10.6 Å². The number of benzene rings is 2. The van der Waals surface area contributed by atoms with E-state index < -0.39 is 0 Å². The SMILES string of the molecule is CNCc1ccc(Sc2ccc(NC(C)=O)cc2)cc1Cl. The van der Waals surface area contributed by atoms with Gasteiger partial charge in [-0.15, -0.1) is 0 Å². The van der Waals surface area contributed by atoms with Crippen molar-refractivity contribution in [2.24, 2.45) is 0 Å². The first kappa shape index (κ1) is 15.9. The molecule has 0 unspecified atom stereocenters. The van der Waals surface area contributed by atoms with Crippen molar-refractivity contribution in [2.45, 2.75) is 23.3 Å². The number of anilines is 1. The van der Waals surface area contributed by atoms with E-state index in [9.17, 15) is 4.79 Å². The van der Waals surface area contributed by atoms with Crippen molar-refractivity contribution in [1.29, 1.82) is 0 Å². The van der Waals surface area contributed by atoms with Crippen LogP contribution >= 0.6 is 23.4 Å². The topological polar surface area (TPSA) is 41.1 Å². The van der Waals surface area contributed by atoms with Crippen molar-refractivity contribution in [3.05, 3.63) is 53.1 Å². The molecule has 0 aromatic heterocycles. The maximum Gasteiger partial charge on any atom is 0.221 e. The molecule has 1 amide bonds.